The summed E-state index contributed by atoms with van der Waals surface area (Å²) in [4.78, 5) is 0. The molecule has 2 aromatic rings. The molecule has 0 radical (unpaired) electrons. The average Bonchev–Trinajstić information content (AvgIpc) is 2.28. The van der Waals surface area contributed by atoms with E-state index in [9.17, 15) is 8.78 Å². The third kappa shape index (κ3) is 1.78. The molecule has 0 atom stereocenters. The van der Waals surface area contributed by atoms with Crippen LogP contribution in [0, 0.1) is 24.0 Å². The molecule has 0 aromatic heterocycles. The van der Waals surface area contributed by atoms with Crippen LogP contribution in [0.15, 0.2) is 24.3 Å². The molecule has 0 aliphatic heterocycles. The summed E-state index contributed by atoms with van der Waals surface area (Å²) in [5, 5.41) is 0.896. The first-order valence-corrected chi connectivity index (χ1v) is 5.43. The fourth-order valence-electron chi connectivity index (χ4n) is 2.03. The van der Waals surface area contributed by atoms with Crippen LogP contribution in [0.5, 0.6) is 0 Å². The molecule has 86 valence electrons. The highest BCUT2D eigenvalue weighted by Crippen LogP contribution is 2.31. The van der Waals surface area contributed by atoms with Gasteiger partial charge in [0.25, 0.3) is 0 Å². The second-order valence-electron chi connectivity index (χ2n) is 4.28. The van der Waals surface area contributed by atoms with Gasteiger partial charge in [-0.3, -0.25) is 0 Å². The Kier molecular flexibility index (Phi) is 2.85. The van der Waals surface area contributed by atoms with Gasteiger partial charge in [-0.25, -0.2) is 8.78 Å². The van der Waals surface area contributed by atoms with Crippen molar-refractivity contribution in [3.05, 3.63) is 47.0 Å². The number of benzene rings is 2. The quantitative estimate of drug-likeness (QED) is 0.643. The molecule has 0 spiro atoms. The number of terminal acetylenes is 1. The van der Waals surface area contributed by atoms with Gasteiger partial charge in [0, 0.05) is 10.8 Å². The largest absolute Gasteiger partial charge is 0.206 e. The third-order valence-corrected chi connectivity index (χ3v) is 2.88. The summed E-state index contributed by atoms with van der Waals surface area (Å²) in [5.74, 6) is 1.63. The van der Waals surface area contributed by atoms with Crippen molar-refractivity contribution < 1.29 is 8.78 Å². The second kappa shape index (κ2) is 4.18. The van der Waals surface area contributed by atoms with Crippen LogP contribution >= 0.6 is 0 Å². The molecule has 0 fully saturated rings. The fourth-order valence-corrected chi connectivity index (χ4v) is 2.03. The zero-order valence-electron chi connectivity index (χ0n) is 9.72. The van der Waals surface area contributed by atoms with Gasteiger partial charge in [-0.15, -0.1) is 6.42 Å². The highest BCUT2D eigenvalue weighted by atomic mass is 19.1. The first kappa shape index (κ1) is 11.6. The van der Waals surface area contributed by atoms with Gasteiger partial charge in [-0.1, -0.05) is 25.8 Å². The van der Waals surface area contributed by atoms with Crippen molar-refractivity contribution in [1.82, 2.24) is 0 Å². The summed E-state index contributed by atoms with van der Waals surface area (Å²) in [5.41, 5.74) is 1.01. The molecule has 2 heteroatoms. The van der Waals surface area contributed by atoms with Crippen molar-refractivity contribution in [2.45, 2.75) is 19.8 Å². The smallest absolute Gasteiger partial charge is 0.139 e. The minimum absolute atomic E-state index is 0.144. The monoisotopic (exact) mass is 230 g/mol. The lowest BCUT2D eigenvalue weighted by Gasteiger charge is -2.12. The van der Waals surface area contributed by atoms with Crippen LogP contribution in [0.25, 0.3) is 10.8 Å². The van der Waals surface area contributed by atoms with Crippen LogP contribution in [0.1, 0.15) is 30.9 Å². The fraction of sp³-hybridized carbons (Fsp3) is 0.200. The molecular formula is C15H12F2. The van der Waals surface area contributed by atoms with E-state index in [1.165, 1.54) is 18.2 Å². The average molecular weight is 230 g/mol. The SMILES string of the molecule is C#Cc1c(F)ccc2c(F)ccc(C(C)C)c12. The lowest BCUT2D eigenvalue weighted by Crippen LogP contribution is -1.96. The number of rotatable bonds is 1. The van der Waals surface area contributed by atoms with E-state index in [1.807, 2.05) is 13.8 Å². The molecule has 0 aliphatic rings. The minimum Gasteiger partial charge on any atom is -0.206 e. The number of hydrogen-bond acceptors (Lipinski definition) is 0. The van der Waals surface area contributed by atoms with Crippen molar-refractivity contribution in [1.29, 1.82) is 0 Å². The standard InChI is InChI=1S/C15H12F2/c1-4-10-13(16)8-6-12-14(17)7-5-11(9(2)3)15(10)12/h1,5-9H,2-3H3. The third-order valence-electron chi connectivity index (χ3n) is 2.88. The van der Waals surface area contributed by atoms with Gasteiger partial charge in [-0.05, 0) is 29.7 Å². The van der Waals surface area contributed by atoms with Crippen molar-refractivity contribution in [2.75, 3.05) is 0 Å². The Morgan fingerprint density at radius 3 is 2.29 bits per heavy atom. The van der Waals surface area contributed by atoms with Crippen molar-refractivity contribution in [3.63, 3.8) is 0 Å². The van der Waals surface area contributed by atoms with E-state index < -0.39 is 5.82 Å². The van der Waals surface area contributed by atoms with Crippen LogP contribution in [0.4, 0.5) is 8.78 Å². The summed E-state index contributed by atoms with van der Waals surface area (Å²) in [6, 6.07) is 5.72. The van der Waals surface area contributed by atoms with E-state index in [-0.39, 0.29) is 17.3 Å². The summed E-state index contributed by atoms with van der Waals surface area (Å²) in [7, 11) is 0. The van der Waals surface area contributed by atoms with Crippen LogP contribution in [0.3, 0.4) is 0 Å². The van der Waals surface area contributed by atoms with E-state index in [4.69, 9.17) is 6.42 Å². The molecule has 0 unspecified atom stereocenters. The van der Waals surface area contributed by atoms with Crippen LogP contribution in [-0.4, -0.2) is 0 Å². The van der Waals surface area contributed by atoms with Crippen LogP contribution in [-0.2, 0) is 0 Å². The Labute approximate surface area is 99.3 Å². The van der Waals surface area contributed by atoms with Gasteiger partial charge in [0.05, 0.1) is 5.56 Å². The van der Waals surface area contributed by atoms with E-state index in [0.717, 1.165) is 5.56 Å². The number of fused-ring (bicyclic) bond motifs is 1. The maximum Gasteiger partial charge on any atom is 0.139 e. The highest BCUT2D eigenvalue weighted by molar-refractivity contribution is 5.92. The minimum atomic E-state index is -0.479. The molecule has 0 heterocycles. The molecular weight excluding hydrogens is 218 g/mol. The molecule has 2 rings (SSSR count). The first-order chi connectivity index (χ1) is 8.06. The Hall–Kier alpha value is -1.88. The molecule has 0 bridgehead atoms. The van der Waals surface area contributed by atoms with Crippen LogP contribution < -0.4 is 0 Å². The lowest BCUT2D eigenvalue weighted by molar-refractivity contribution is 0.623. The number of hydrogen-bond donors (Lipinski definition) is 0. The van der Waals surface area contributed by atoms with Gasteiger partial charge < -0.3 is 0 Å². The van der Waals surface area contributed by atoms with E-state index in [2.05, 4.69) is 5.92 Å². The zero-order chi connectivity index (χ0) is 12.6. The summed E-state index contributed by atoms with van der Waals surface area (Å²) in [6.07, 6.45) is 5.32. The molecule has 0 nitrogen and oxygen atoms in total. The van der Waals surface area contributed by atoms with Crippen molar-refractivity contribution >= 4 is 10.8 Å². The van der Waals surface area contributed by atoms with Crippen molar-refractivity contribution in [3.8, 4) is 12.3 Å². The topological polar surface area (TPSA) is 0 Å². The second-order valence-corrected chi connectivity index (χ2v) is 4.28. The van der Waals surface area contributed by atoms with Gasteiger partial charge in [0.15, 0.2) is 0 Å². The van der Waals surface area contributed by atoms with Crippen molar-refractivity contribution in [2.24, 2.45) is 0 Å². The Bertz CT molecular complexity index is 619. The maximum absolute atomic E-state index is 13.7. The molecule has 0 saturated heterocycles. The predicted octanol–water partition coefficient (Wildman–Crippen LogP) is 4.22. The van der Waals surface area contributed by atoms with Crippen LogP contribution in [0.2, 0.25) is 0 Å². The normalized spacial score (nSPS) is 10.8. The molecule has 0 aliphatic carbocycles. The lowest BCUT2D eigenvalue weighted by atomic mass is 9.92. The van der Waals surface area contributed by atoms with Gasteiger partial charge in [-0.2, -0.15) is 0 Å². The Morgan fingerprint density at radius 1 is 1.06 bits per heavy atom. The molecule has 0 amide bonds. The first-order valence-electron chi connectivity index (χ1n) is 5.43. The predicted molar refractivity (Wildman–Crippen MR) is 65.9 cm³/mol. The van der Waals surface area contributed by atoms with Gasteiger partial charge >= 0.3 is 0 Å². The van der Waals surface area contributed by atoms with E-state index in [1.54, 1.807) is 6.07 Å². The Morgan fingerprint density at radius 2 is 1.71 bits per heavy atom. The molecule has 0 saturated carbocycles. The summed E-state index contributed by atoms with van der Waals surface area (Å²) < 4.78 is 27.3. The molecule has 0 N–H and O–H groups in total. The van der Waals surface area contributed by atoms with E-state index >= 15 is 0 Å². The maximum atomic E-state index is 13.7. The van der Waals surface area contributed by atoms with Gasteiger partial charge in [0.1, 0.15) is 11.6 Å². The summed E-state index contributed by atoms with van der Waals surface area (Å²) in [6.45, 7) is 3.94. The zero-order valence-corrected chi connectivity index (χ0v) is 9.72. The molecule has 17 heavy (non-hydrogen) atoms. The number of halogens is 2. The summed E-state index contributed by atoms with van der Waals surface area (Å²) >= 11 is 0. The van der Waals surface area contributed by atoms with E-state index in [0.29, 0.717) is 10.8 Å². The molecule has 2 aromatic carbocycles. The Balaban J connectivity index is 3.01. The van der Waals surface area contributed by atoms with Gasteiger partial charge in [0.2, 0.25) is 0 Å². The highest BCUT2D eigenvalue weighted by Gasteiger charge is 2.14.